The molecule has 0 bridgehead atoms. The zero-order valence-corrected chi connectivity index (χ0v) is 29.4. The molecule has 4 aromatic carbocycles. The van der Waals surface area contributed by atoms with Crippen LogP contribution in [0.15, 0.2) is 106 Å². The van der Waals surface area contributed by atoms with Crippen molar-refractivity contribution in [1.29, 1.82) is 0 Å². The van der Waals surface area contributed by atoms with Crippen LogP contribution < -0.4 is 10.5 Å². The average Bonchev–Trinajstić information content (AvgIpc) is 3.73. The van der Waals surface area contributed by atoms with Crippen molar-refractivity contribution in [2.45, 2.75) is 71.6 Å². The lowest BCUT2D eigenvalue weighted by atomic mass is 9.60. The third-order valence-electron chi connectivity index (χ3n) is 11.0. The van der Waals surface area contributed by atoms with Gasteiger partial charge in [0.2, 0.25) is 0 Å². The van der Waals surface area contributed by atoms with Crippen LogP contribution in [-0.2, 0) is 16.2 Å². The first-order valence-electron chi connectivity index (χ1n) is 20.9. The van der Waals surface area contributed by atoms with Crippen LogP contribution in [-0.4, -0.2) is 18.9 Å². The number of aromatic nitrogens is 4. The molecule has 0 aliphatic carbocycles. The molecule has 0 radical (unpaired) electrons. The molecule has 0 amide bonds. The largest absolute Gasteiger partial charge is 0.457 e. The third-order valence-corrected chi connectivity index (χ3v) is 11.0. The van der Waals surface area contributed by atoms with Crippen molar-refractivity contribution in [3.8, 4) is 28.6 Å². The van der Waals surface area contributed by atoms with Gasteiger partial charge in [-0.2, -0.15) is 0 Å². The number of fused-ring (bicyclic) bond motifs is 4. The highest BCUT2D eigenvalue weighted by molar-refractivity contribution is 6.15. The summed E-state index contributed by atoms with van der Waals surface area (Å²) in [5, 5.41) is 1.62. The molecule has 51 heavy (non-hydrogen) atoms. The van der Waals surface area contributed by atoms with Crippen LogP contribution in [0, 0.1) is 6.85 Å². The van der Waals surface area contributed by atoms with Crippen LogP contribution in [0.5, 0.6) is 11.5 Å². The summed E-state index contributed by atoms with van der Waals surface area (Å²) in [7, 11) is 0. The van der Waals surface area contributed by atoms with Crippen LogP contribution in [0.1, 0.15) is 81.8 Å². The van der Waals surface area contributed by atoms with Crippen molar-refractivity contribution in [3.63, 3.8) is 0 Å². The highest BCUT2D eigenvalue weighted by Gasteiger charge is 2.48. The molecule has 0 saturated carbocycles. The maximum absolute atomic E-state index is 13.2. The van der Waals surface area contributed by atoms with Crippen LogP contribution in [0.4, 0.5) is 0 Å². The Bertz CT molecular complexity index is 3180. The Balaban J connectivity index is 1.33. The average molecular weight is 681 g/mol. The summed E-state index contributed by atoms with van der Waals surface area (Å²) in [5.41, 5.74) is 3.03. The highest BCUT2D eigenvalue weighted by Crippen LogP contribution is 2.54. The number of hydrogen-bond acceptors (Lipinski definition) is 5. The maximum atomic E-state index is 13.2. The second kappa shape index (κ2) is 10.4. The standard InChI is InChI=1S/C44H40N4O3/c1-25-14-18-32-38-36(25)30-17-15-28(23-31(30)40-46-37(26-12-10-9-11-13-26)39(48(38)40)44(7,8)43(32,5)6)50-29-16-19-34-33(24-29)47(41(49)51-34)35-22-27(20-21-45-35)42(2,3)4/h9-24H,1-8H3/i1D3,9D,10D,11D,12D,13D. The molecule has 0 fully saturated rings. The molecule has 8 aromatic rings. The summed E-state index contributed by atoms with van der Waals surface area (Å²) in [6.07, 6.45) is 1.66. The van der Waals surface area contributed by atoms with Crippen molar-refractivity contribution in [1.82, 2.24) is 18.9 Å². The Hall–Kier alpha value is -5.69. The lowest BCUT2D eigenvalue weighted by Crippen LogP contribution is -2.44. The minimum Gasteiger partial charge on any atom is -0.457 e. The maximum Gasteiger partial charge on any atom is 0.425 e. The number of ether oxygens (including phenoxy) is 1. The fourth-order valence-corrected chi connectivity index (χ4v) is 7.58. The molecule has 5 heterocycles. The number of hydrogen-bond donors (Lipinski definition) is 0. The fourth-order valence-electron chi connectivity index (χ4n) is 7.58. The molecule has 1 aliphatic heterocycles. The summed E-state index contributed by atoms with van der Waals surface area (Å²) in [4.78, 5) is 22.8. The first-order valence-corrected chi connectivity index (χ1v) is 16.9. The van der Waals surface area contributed by atoms with Gasteiger partial charge >= 0.3 is 5.76 Å². The Morgan fingerprint density at radius 1 is 0.882 bits per heavy atom. The summed E-state index contributed by atoms with van der Waals surface area (Å²) in [5.74, 6) is 0.562. The SMILES string of the molecule is [2H]c1c([2H])c([2H])c(-c2nc3c4cc(Oc5ccc6oc(=O)n(-c7cc(C(C)(C)C)ccn7)c6c5)ccc4c4c(C([2H])([2H])[2H])ccc5c4n3c2C(C)(C)C5(C)C)c([2H])c1[2H]. The van der Waals surface area contributed by atoms with Gasteiger partial charge in [0.1, 0.15) is 28.5 Å². The van der Waals surface area contributed by atoms with Crippen LogP contribution in [0.3, 0.4) is 0 Å². The van der Waals surface area contributed by atoms with Gasteiger partial charge in [-0.25, -0.2) is 19.3 Å². The van der Waals surface area contributed by atoms with E-state index in [0.717, 1.165) is 11.1 Å². The first-order chi connectivity index (χ1) is 27.5. The summed E-state index contributed by atoms with van der Waals surface area (Å²) in [6.45, 7) is 11.9. The van der Waals surface area contributed by atoms with Gasteiger partial charge in [-0.05, 0) is 76.8 Å². The number of aryl methyl sites for hydroxylation is 1. The molecule has 0 saturated heterocycles. The lowest BCUT2D eigenvalue weighted by Gasteiger charge is -2.46. The normalized spacial score (nSPS) is 17.5. The van der Waals surface area contributed by atoms with Gasteiger partial charge in [0.15, 0.2) is 5.58 Å². The molecular formula is C44H40N4O3. The topological polar surface area (TPSA) is 74.6 Å². The molecule has 0 N–H and O–H groups in total. The van der Waals surface area contributed by atoms with Gasteiger partial charge in [-0.15, -0.1) is 0 Å². The first kappa shape index (κ1) is 23.7. The quantitative estimate of drug-likeness (QED) is 0.173. The van der Waals surface area contributed by atoms with Crippen LogP contribution in [0.25, 0.3) is 55.5 Å². The zero-order valence-electron chi connectivity index (χ0n) is 37.4. The second-order valence-electron chi connectivity index (χ2n) is 15.4. The predicted molar refractivity (Wildman–Crippen MR) is 205 cm³/mol. The highest BCUT2D eigenvalue weighted by atomic mass is 16.5. The lowest BCUT2D eigenvalue weighted by molar-refractivity contribution is 0.289. The number of imidazole rings is 1. The minimum atomic E-state index is -2.50. The number of nitrogens with zero attached hydrogens (tertiary/aromatic N) is 4. The Morgan fingerprint density at radius 3 is 2.41 bits per heavy atom. The number of benzene rings is 4. The van der Waals surface area contributed by atoms with Crippen LogP contribution in [0.2, 0.25) is 0 Å². The van der Waals surface area contributed by atoms with E-state index >= 15 is 0 Å². The van der Waals surface area contributed by atoms with E-state index in [0.29, 0.717) is 61.4 Å². The molecule has 4 aromatic heterocycles. The molecule has 0 atom stereocenters. The number of rotatable bonds is 4. The molecule has 0 unspecified atom stereocenters. The zero-order chi connectivity index (χ0) is 42.5. The number of oxazole rings is 1. The molecule has 0 spiro atoms. The van der Waals surface area contributed by atoms with E-state index in [4.69, 9.17) is 25.1 Å². The summed E-state index contributed by atoms with van der Waals surface area (Å²) < 4.78 is 84.6. The van der Waals surface area contributed by atoms with E-state index in [-0.39, 0.29) is 34.3 Å². The van der Waals surface area contributed by atoms with Crippen molar-refractivity contribution in [2.24, 2.45) is 0 Å². The smallest absolute Gasteiger partial charge is 0.425 e. The van der Waals surface area contributed by atoms with E-state index < -0.39 is 41.6 Å². The fraction of sp³-hybridized carbons (Fsp3) is 0.250. The molecule has 7 heteroatoms. The molecular weight excluding hydrogens is 633 g/mol. The van der Waals surface area contributed by atoms with E-state index in [9.17, 15) is 4.79 Å². The number of pyridine rings is 2. The van der Waals surface area contributed by atoms with Gasteiger partial charge in [-0.1, -0.05) is 90.8 Å². The van der Waals surface area contributed by atoms with E-state index in [1.165, 1.54) is 4.57 Å². The Morgan fingerprint density at radius 2 is 1.65 bits per heavy atom. The van der Waals surface area contributed by atoms with Crippen molar-refractivity contribution < 1.29 is 20.1 Å². The van der Waals surface area contributed by atoms with E-state index in [2.05, 4.69) is 39.6 Å². The molecule has 1 aliphatic rings. The van der Waals surface area contributed by atoms with Crippen LogP contribution >= 0.6 is 0 Å². The van der Waals surface area contributed by atoms with E-state index in [1.807, 2.05) is 36.4 Å². The predicted octanol–water partition coefficient (Wildman–Crippen LogP) is 10.6. The van der Waals surface area contributed by atoms with E-state index in [1.54, 1.807) is 48.7 Å². The van der Waals surface area contributed by atoms with Gasteiger partial charge < -0.3 is 9.15 Å². The van der Waals surface area contributed by atoms with Gasteiger partial charge in [0, 0.05) is 43.5 Å². The molecule has 7 nitrogen and oxygen atoms in total. The Kier molecular flexibility index (Phi) is 4.84. The van der Waals surface area contributed by atoms with Gasteiger partial charge in [0.05, 0.1) is 23.8 Å². The second-order valence-corrected chi connectivity index (χ2v) is 15.4. The minimum absolute atomic E-state index is 0.0373. The van der Waals surface area contributed by atoms with Crippen molar-refractivity contribution in [3.05, 3.63) is 130 Å². The van der Waals surface area contributed by atoms with Crippen molar-refractivity contribution >= 4 is 38.4 Å². The monoisotopic (exact) mass is 680 g/mol. The van der Waals surface area contributed by atoms with Crippen molar-refractivity contribution in [2.75, 3.05) is 0 Å². The van der Waals surface area contributed by atoms with Gasteiger partial charge in [0.25, 0.3) is 0 Å². The summed E-state index contributed by atoms with van der Waals surface area (Å²) in [6, 6.07) is 15.4. The van der Waals surface area contributed by atoms with Gasteiger partial charge in [-0.3, -0.25) is 4.40 Å². The third kappa shape index (κ3) is 4.40. The summed E-state index contributed by atoms with van der Waals surface area (Å²) >= 11 is 0. The molecule has 254 valence electrons. The Labute approximate surface area is 307 Å². The molecule has 9 rings (SSSR count).